The van der Waals surface area contributed by atoms with Crippen molar-refractivity contribution < 1.29 is 14.0 Å². The molecule has 0 aliphatic rings. The van der Waals surface area contributed by atoms with E-state index in [1.54, 1.807) is 6.08 Å². The maximum Gasteiger partial charge on any atom is 0.339 e. The first-order valence-electron chi connectivity index (χ1n) is 3.35. The first-order valence-corrected chi connectivity index (χ1v) is 6.23. The van der Waals surface area contributed by atoms with Crippen LogP contribution in [0.4, 0.5) is 0 Å². The molecular formula is C7H12BrO3P. The molecule has 0 aromatic rings. The van der Waals surface area contributed by atoms with Crippen LogP contribution in [0.2, 0.25) is 0 Å². The summed E-state index contributed by atoms with van der Waals surface area (Å²) in [5.41, 5.74) is 0. The minimum atomic E-state index is -3.48. The van der Waals surface area contributed by atoms with Crippen LogP contribution in [0.25, 0.3) is 0 Å². The first-order chi connectivity index (χ1) is 5.55. The summed E-state index contributed by atoms with van der Waals surface area (Å²) in [7, 11) is -3.48. The van der Waals surface area contributed by atoms with Gasteiger partial charge in [0.15, 0.2) is 0 Å². The third-order valence-electron chi connectivity index (χ3n) is 1.11. The summed E-state index contributed by atoms with van der Waals surface area (Å²) < 4.78 is 15.9. The quantitative estimate of drug-likeness (QED) is 0.451. The Balaban J connectivity index is 4.09. The van der Waals surface area contributed by atoms with Crippen molar-refractivity contribution in [1.29, 1.82) is 0 Å². The van der Waals surface area contributed by atoms with Gasteiger partial charge >= 0.3 is 7.60 Å². The Morgan fingerprint density at radius 1 is 1.67 bits per heavy atom. The van der Waals surface area contributed by atoms with Crippen molar-refractivity contribution in [2.45, 2.75) is 12.5 Å². The number of hydrogen-bond donors (Lipinski definition) is 1. The van der Waals surface area contributed by atoms with Crippen LogP contribution in [0.3, 0.4) is 0 Å². The van der Waals surface area contributed by atoms with Crippen molar-refractivity contribution in [2.75, 3.05) is 5.07 Å². The predicted molar refractivity (Wildman–Crippen MR) is 53.5 cm³/mol. The molecule has 0 radical (unpaired) electrons. The molecule has 0 amide bonds. The molecule has 2 atom stereocenters. The summed E-state index contributed by atoms with van der Waals surface area (Å²) in [6, 6.07) is 0. The SMILES string of the molecule is C=CCC(C=C)OP(=O)(O)CBr. The zero-order valence-electron chi connectivity index (χ0n) is 6.65. The van der Waals surface area contributed by atoms with Gasteiger partial charge in [0.2, 0.25) is 0 Å². The van der Waals surface area contributed by atoms with E-state index >= 15 is 0 Å². The number of halogens is 1. The summed E-state index contributed by atoms with van der Waals surface area (Å²) in [6.07, 6.45) is 3.14. The average molecular weight is 255 g/mol. The van der Waals surface area contributed by atoms with Gasteiger partial charge in [-0.3, -0.25) is 4.57 Å². The highest BCUT2D eigenvalue weighted by Crippen LogP contribution is 2.45. The highest BCUT2D eigenvalue weighted by atomic mass is 79.9. The fourth-order valence-corrected chi connectivity index (χ4v) is 1.59. The van der Waals surface area contributed by atoms with Crippen LogP contribution in [0.1, 0.15) is 6.42 Å². The minimum Gasteiger partial charge on any atom is -0.324 e. The third kappa shape index (κ3) is 4.88. The molecule has 0 aliphatic heterocycles. The van der Waals surface area contributed by atoms with Gasteiger partial charge in [0.1, 0.15) is 5.07 Å². The van der Waals surface area contributed by atoms with Gasteiger partial charge < -0.3 is 9.42 Å². The van der Waals surface area contributed by atoms with E-state index in [1.807, 2.05) is 0 Å². The van der Waals surface area contributed by atoms with Crippen LogP contribution in [0.15, 0.2) is 25.3 Å². The Morgan fingerprint density at radius 2 is 2.25 bits per heavy atom. The van der Waals surface area contributed by atoms with Gasteiger partial charge in [-0.1, -0.05) is 28.1 Å². The predicted octanol–water partition coefficient (Wildman–Crippen LogP) is 2.67. The maximum absolute atomic E-state index is 11.0. The second kappa shape index (κ2) is 5.70. The zero-order valence-corrected chi connectivity index (χ0v) is 9.13. The molecule has 0 aromatic heterocycles. The van der Waals surface area contributed by atoms with Gasteiger partial charge in [-0.25, -0.2) is 0 Å². The van der Waals surface area contributed by atoms with Crippen LogP contribution < -0.4 is 0 Å². The molecule has 0 bridgehead atoms. The number of alkyl halides is 1. The second-order valence-electron chi connectivity index (χ2n) is 2.16. The second-order valence-corrected chi connectivity index (χ2v) is 5.39. The van der Waals surface area contributed by atoms with E-state index in [0.717, 1.165) is 0 Å². The molecule has 0 rings (SSSR count). The molecule has 0 aromatic carbocycles. The largest absolute Gasteiger partial charge is 0.339 e. The average Bonchev–Trinajstić information content (AvgIpc) is 2.03. The van der Waals surface area contributed by atoms with Gasteiger partial charge in [-0.05, 0) is 6.42 Å². The molecule has 70 valence electrons. The fraction of sp³-hybridized carbons (Fsp3) is 0.429. The van der Waals surface area contributed by atoms with Gasteiger partial charge in [0.25, 0.3) is 0 Å². The van der Waals surface area contributed by atoms with Gasteiger partial charge in [-0.2, -0.15) is 0 Å². The van der Waals surface area contributed by atoms with Crippen LogP contribution >= 0.6 is 23.5 Å². The lowest BCUT2D eigenvalue weighted by Gasteiger charge is -2.14. The van der Waals surface area contributed by atoms with Crippen molar-refractivity contribution in [3.8, 4) is 0 Å². The molecule has 0 fully saturated rings. The minimum absolute atomic E-state index is 0.0680. The number of hydrogen-bond acceptors (Lipinski definition) is 2. The van der Waals surface area contributed by atoms with Crippen LogP contribution in [-0.2, 0) is 9.09 Å². The Kier molecular flexibility index (Phi) is 5.76. The summed E-state index contributed by atoms with van der Waals surface area (Å²) in [5.74, 6) is 0. The lowest BCUT2D eigenvalue weighted by molar-refractivity contribution is 0.217. The highest BCUT2D eigenvalue weighted by Gasteiger charge is 2.20. The number of rotatable bonds is 6. The summed E-state index contributed by atoms with van der Waals surface area (Å²) in [6.45, 7) is 6.97. The Bertz CT molecular complexity index is 205. The van der Waals surface area contributed by atoms with Gasteiger partial charge in [0, 0.05) is 0 Å². The molecule has 0 aliphatic carbocycles. The van der Waals surface area contributed by atoms with E-state index in [0.29, 0.717) is 6.42 Å². The van der Waals surface area contributed by atoms with Crippen molar-refractivity contribution >= 4 is 23.5 Å². The van der Waals surface area contributed by atoms with E-state index in [4.69, 9.17) is 9.42 Å². The van der Waals surface area contributed by atoms with E-state index in [9.17, 15) is 4.57 Å². The fourth-order valence-electron chi connectivity index (χ4n) is 0.586. The van der Waals surface area contributed by atoms with E-state index in [1.165, 1.54) is 6.08 Å². The molecule has 1 N–H and O–H groups in total. The summed E-state index contributed by atoms with van der Waals surface area (Å²) in [5, 5.41) is -0.0680. The molecule has 0 heterocycles. The molecular weight excluding hydrogens is 243 g/mol. The standard InChI is InChI=1S/C7H12BrO3P/c1-3-5-7(4-2)11-12(9,10)6-8/h3-4,7H,1-2,5-6H2,(H,9,10). The van der Waals surface area contributed by atoms with Crippen LogP contribution in [-0.4, -0.2) is 16.1 Å². The molecule has 0 saturated heterocycles. The Morgan fingerprint density at radius 3 is 2.58 bits per heavy atom. The lowest BCUT2D eigenvalue weighted by Crippen LogP contribution is -2.06. The van der Waals surface area contributed by atoms with Gasteiger partial charge in [0.05, 0.1) is 6.10 Å². The summed E-state index contributed by atoms with van der Waals surface area (Å²) in [4.78, 5) is 9.06. The molecule has 12 heavy (non-hydrogen) atoms. The van der Waals surface area contributed by atoms with Gasteiger partial charge in [-0.15, -0.1) is 13.2 Å². The molecule has 0 spiro atoms. The van der Waals surface area contributed by atoms with Crippen molar-refractivity contribution in [2.24, 2.45) is 0 Å². The molecule has 5 heteroatoms. The summed E-state index contributed by atoms with van der Waals surface area (Å²) >= 11 is 2.88. The first kappa shape index (κ1) is 12.1. The van der Waals surface area contributed by atoms with E-state index < -0.39 is 13.7 Å². The van der Waals surface area contributed by atoms with Crippen LogP contribution in [0.5, 0.6) is 0 Å². The Labute approximate surface area is 80.8 Å². The van der Waals surface area contributed by atoms with Crippen molar-refractivity contribution in [1.82, 2.24) is 0 Å². The molecule has 3 nitrogen and oxygen atoms in total. The smallest absolute Gasteiger partial charge is 0.324 e. The highest BCUT2D eigenvalue weighted by molar-refractivity contribution is 9.10. The van der Waals surface area contributed by atoms with E-state index in [2.05, 4.69) is 29.1 Å². The van der Waals surface area contributed by atoms with Crippen molar-refractivity contribution in [3.63, 3.8) is 0 Å². The van der Waals surface area contributed by atoms with Crippen molar-refractivity contribution in [3.05, 3.63) is 25.3 Å². The Hall–Kier alpha value is 0.110. The monoisotopic (exact) mass is 254 g/mol. The maximum atomic E-state index is 11.0. The zero-order chi connectivity index (χ0) is 9.61. The van der Waals surface area contributed by atoms with Crippen LogP contribution in [0, 0.1) is 0 Å². The molecule has 0 saturated carbocycles. The lowest BCUT2D eigenvalue weighted by atomic mass is 10.2. The topological polar surface area (TPSA) is 46.5 Å². The van der Waals surface area contributed by atoms with E-state index in [-0.39, 0.29) is 5.07 Å². The normalized spacial score (nSPS) is 17.8. The molecule has 2 unspecified atom stereocenters. The third-order valence-corrected chi connectivity index (χ3v) is 3.92.